The quantitative estimate of drug-likeness (QED) is 0.170. The lowest BCUT2D eigenvalue weighted by molar-refractivity contribution is 0.415. The Morgan fingerprint density at radius 3 is 1.67 bits per heavy atom. The second-order valence-corrected chi connectivity index (χ2v) is 12.3. The normalized spacial score (nSPS) is 12.5. The van der Waals surface area contributed by atoms with E-state index in [2.05, 4.69) is 167 Å². The van der Waals surface area contributed by atoms with Crippen LogP contribution in [0.5, 0.6) is 5.75 Å². The van der Waals surface area contributed by atoms with Crippen LogP contribution in [0.25, 0.3) is 82.5 Å². The van der Waals surface area contributed by atoms with Gasteiger partial charge in [-0.25, -0.2) is 0 Å². The van der Waals surface area contributed by atoms with E-state index in [0.717, 1.165) is 33.9 Å². The van der Waals surface area contributed by atoms with E-state index in [1.54, 1.807) is 7.11 Å². The number of allylic oxidation sites excluding steroid dienone is 5. The molecule has 0 spiro atoms. The molecule has 0 radical (unpaired) electrons. The van der Waals surface area contributed by atoms with Crippen molar-refractivity contribution in [2.24, 2.45) is 0 Å². The van der Waals surface area contributed by atoms with Crippen LogP contribution in [0.3, 0.4) is 0 Å². The Morgan fingerprint density at radius 1 is 0.542 bits per heavy atom. The standard InChI is InChI=1S/C44H33N3O/c1-29(45-37-19-8-4-15-33(37)34-16-5-9-20-38(34)45)13-12-14-30(2)46-39-21-10-6-17-35(39)43-41(46)27-28-42-44(43)36-18-7-11-22-40(36)47(42)31-23-25-32(48-3)26-24-31/h4-28H,2H2,1,3H3/b14-12-,29-13+. The first-order valence-corrected chi connectivity index (χ1v) is 16.3. The van der Waals surface area contributed by atoms with Crippen LogP contribution in [0.15, 0.2) is 158 Å². The van der Waals surface area contributed by atoms with Gasteiger partial charge < -0.3 is 18.4 Å². The molecule has 6 aromatic carbocycles. The molecule has 9 rings (SSSR count). The van der Waals surface area contributed by atoms with Crippen LogP contribution in [0.4, 0.5) is 0 Å². The number of ether oxygens (including phenoxy) is 1. The van der Waals surface area contributed by atoms with E-state index in [4.69, 9.17) is 4.74 Å². The van der Waals surface area contributed by atoms with E-state index in [-0.39, 0.29) is 0 Å². The third kappa shape index (κ3) is 4.09. The summed E-state index contributed by atoms with van der Waals surface area (Å²) in [5.41, 5.74) is 10.2. The molecule has 0 fully saturated rings. The highest BCUT2D eigenvalue weighted by atomic mass is 16.5. The van der Waals surface area contributed by atoms with Crippen LogP contribution in [-0.4, -0.2) is 20.8 Å². The maximum absolute atomic E-state index is 5.46. The van der Waals surface area contributed by atoms with Gasteiger partial charge in [0, 0.05) is 49.4 Å². The number of benzene rings is 6. The molecule has 48 heavy (non-hydrogen) atoms. The lowest BCUT2D eigenvalue weighted by atomic mass is 10.1. The van der Waals surface area contributed by atoms with Crippen LogP contribution in [0.2, 0.25) is 0 Å². The summed E-state index contributed by atoms with van der Waals surface area (Å²) in [6.45, 7) is 6.76. The minimum absolute atomic E-state index is 0.844. The lowest BCUT2D eigenvalue weighted by Gasteiger charge is -2.10. The number of rotatable bonds is 6. The lowest BCUT2D eigenvalue weighted by Crippen LogP contribution is -1.95. The SMILES string of the molecule is C=C(/C=C\C=C(/C)n1c2ccccc2c2ccccc21)n1c2ccccc2c2c3c4ccccc4n(-c4ccc(OC)cc4)c3ccc21. The van der Waals surface area contributed by atoms with Crippen molar-refractivity contribution < 1.29 is 4.74 Å². The summed E-state index contributed by atoms with van der Waals surface area (Å²) < 4.78 is 12.4. The number of methoxy groups -OCH3 is 1. The molecule has 4 nitrogen and oxygen atoms in total. The molecule has 3 heterocycles. The van der Waals surface area contributed by atoms with Crippen molar-refractivity contribution >= 4 is 76.8 Å². The zero-order chi connectivity index (χ0) is 32.4. The summed E-state index contributed by atoms with van der Waals surface area (Å²) in [5.74, 6) is 0.844. The van der Waals surface area contributed by atoms with Gasteiger partial charge in [-0.05, 0) is 79.7 Å². The molecular formula is C44H33N3O. The van der Waals surface area contributed by atoms with Crippen molar-refractivity contribution in [2.45, 2.75) is 6.92 Å². The van der Waals surface area contributed by atoms with Gasteiger partial charge in [0.2, 0.25) is 0 Å². The van der Waals surface area contributed by atoms with E-state index in [9.17, 15) is 0 Å². The summed E-state index contributed by atoms with van der Waals surface area (Å²) in [5, 5.41) is 7.44. The first kappa shape index (κ1) is 28.0. The molecular weight excluding hydrogens is 587 g/mol. The minimum Gasteiger partial charge on any atom is -0.497 e. The topological polar surface area (TPSA) is 24.0 Å². The third-order valence-corrected chi connectivity index (χ3v) is 9.65. The van der Waals surface area contributed by atoms with Gasteiger partial charge in [-0.3, -0.25) is 0 Å². The summed E-state index contributed by atoms with van der Waals surface area (Å²) in [4.78, 5) is 0. The molecule has 9 aromatic rings. The number of hydrogen-bond donors (Lipinski definition) is 0. The second-order valence-electron chi connectivity index (χ2n) is 12.3. The maximum atomic E-state index is 5.46. The fourth-order valence-corrected chi connectivity index (χ4v) is 7.59. The highest BCUT2D eigenvalue weighted by Gasteiger charge is 2.20. The number of aromatic nitrogens is 3. The molecule has 4 heteroatoms. The van der Waals surface area contributed by atoms with Crippen molar-refractivity contribution in [3.8, 4) is 11.4 Å². The van der Waals surface area contributed by atoms with E-state index in [1.165, 1.54) is 54.4 Å². The summed E-state index contributed by atoms with van der Waals surface area (Å²) in [6, 6.07) is 47.4. The summed E-state index contributed by atoms with van der Waals surface area (Å²) in [6.07, 6.45) is 6.42. The van der Waals surface area contributed by atoms with Crippen LogP contribution in [0.1, 0.15) is 6.92 Å². The number of fused-ring (bicyclic) bond motifs is 10. The van der Waals surface area contributed by atoms with Crippen molar-refractivity contribution in [2.75, 3.05) is 7.11 Å². The van der Waals surface area contributed by atoms with Crippen molar-refractivity contribution in [3.05, 3.63) is 158 Å². The highest BCUT2D eigenvalue weighted by molar-refractivity contribution is 6.29. The average Bonchev–Trinajstić information content (AvgIpc) is 3.77. The van der Waals surface area contributed by atoms with Gasteiger partial charge in [-0.2, -0.15) is 0 Å². The van der Waals surface area contributed by atoms with Crippen LogP contribution >= 0.6 is 0 Å². The summed E-state index contributed by atoms with van der Waals surface area (Å²) >= 11 is 0. The Balaban J connectivity index is 1.20. The molecule has 0 N–H and O–H groups in total. The van der Waals surface area contributed by atoms with Gasteiger partial charge in [-0.15, -0.1) is 0 Å². The third-order valence-electron chi connectivity index (χ3n) is 9.65. The van der Waals surface area contributed by atoms with E-state index in [1.807, 2.05) is 12.1 Å². The van der Waals surface area contributed by atoms with E-state index >= 15 is 0 Å². The Morgan fingerprint density at radius 2 is 1.04 bits per heavy atom. The largest absolute Gasteiger partial charge is 0.497 e. The molecule has 0 aliphatic carbocycles. The summed E-state index contributed by atoms with van der Waals surface area (Å²) in [7, 11) is 1.70. The van der Waals surface area contributed by atoms with Gasteiger partial charge in [0.15, 0.2) is 0 Å². The van der Waals surface area contributed by atoms with Crippen LogP contribution in [0, 0.1) is 0 Å². The van der Waals surface area contributed by atoms with Gasteiger partial charge >= 0.3 is 0 Å². The van der Waals surface area contributed by atoms with Gasteiger partial charge in [0.1, 0.15) is 5.75 Å². The van der Waals surface area contributed by atoms with Crippen LogP contribution in [-0.2, 0) is 0 Å². The van der Waals surface area contributed by atoms with Crippen molar-refractivity contribution in [1.82, 2.24) is 13.7 Å². The smallest absolute Gasteiger partial charge is 0.119 e. The molecule has 3 aromatic heterocycles. The highest BCUT2D eigenvalue weighted by Crippen LogP contribution is 2.42. The molecule has 0 aliphatic heterocycles. The molecule has 0 amide bonds. The number of nitrogens with zero attached hydrogens (tertiary/aromatic N) is 3. The molecule has 0 saturated heterocycles. The maximum Gasteiger partial charge on any atom is 0.119 e. The predicted octanol–water partition coefficient (Wildman–Crippen LogP) is 11.6. The molecule has 230 valence electrons. The van der Waals surface area contributed by atoms with Crippen molar-refractivity contribution in [3.63, 3.8) is 0 Å². The zero-order valence-corrected chi connectivity index (χ0v) is 26.9. The molecule has 0 bridgehead atoms. The average molecular weight is 620 g/mol. The van der Waals surface area contributed by atoms with E-state index in [0.29, 0.717) is 0 Å². The minimum atomic E-state index is 0.844. The molecule has 0 saturated carbocycles. The van der Waals surface area contributed by atoms with Gasteiger partial charge in [0.25, 0.3) is 0 Å². The monoisotopic (exact) mass is 619 g/mol. The molecule has 0 aliphatic rings. The van der Waals surface area contributed by atoms with Crippen LogP contribution < -0.4 is 4.74 Å². The Bertz CT molecular complexity index is 2730. The fraction of sp³-hybridized carbons (Fsp3) is 0.0455. The molecule has 0 unspecified atom stereocenters. The predicted molar refractivity (Wildman–Crippen MR) is 204 cm³/mol. The number of para-hydroxylation sites is 4. The molecule has 0 atom stereocenters. The fourth-order valence-electron chi connectivity index (χ4n) is 7.59. The Hall–Kier alpha value is -6.26. The van der Waals surface area contributed by atoms with E-state index < -0.39 is 0 Å². The first-order valence-electron chi connectivity index (χ1n) is 16.3. The first-order chi connectivity index (χ1) is 23.6. The van der Waals surface area contributed by atoms with Gasteiger partial charge in [0.05, 0.1) is 40.2 Å². The zero-order valence-electron chi connectivity index (χ0n) is 26.9. The Labute approximate surface area is 278 Å². The van der Waals surface area contributed by atoms with Gasteiger partial charge in [-0.1, -0.05) is 85.5 Å². The number of hydrogen-bond acceptors (Lipinski definition) is 1. The van der Waals surface area contributed by atoms with Crippen molar-refractivity contribution in [1.29, 1.82) is 0 Å². The second kappa shape index (κ2) is 10.9. The Kier molecular flexibility index (Phi) is 6.37.